The Labute approximate surface area is 98.3 Å². The Kier molecular flexibility index (Phi) is 4.40. The maximum absolute atomic E-state index is 11.3. The lowest BCUT2D eigenvalue weighted by atomic mass is 10.3. The SMILES string of the molecule is COCOc1ccc(OC)cc1S(=O)(=O)Cl. The number of ether oxygens (including phenoxy) is 3. The second-order valence-corrected chi connectivity index (χ2v) is 5.34. The summed E-state index contributed by atoms with van der Waals surface area (Å²) in [7, 11) is 4.24. The molecule has 0 saturated heterocycles. The van der Waals surface area contributed by atoms with Gasteiger partial charge in [0.05, 0.1) is 7.11 Å². The van der Waals surface area contributed by atoms with E-state index in [1.807, 2.05) is 0 Å². The first kappa shape index (κ1) is 13.1. The summed E-state index contributed by atoms with van der Waals surface area (Å²) in [6.45, 7) is -0.0638. The summed E-state index contributed by atoms with van der Waals surface area (Å²) in [4.78, 5) is -0.148. The molecule has 5 nitrogen and oxygen atoms in total. The summed E-state index contributed by atoms with van der Waals surface area (Å²) in [5, 5.41) is 0. The molecular weight excluding hydrogens is 256 g/mol. The summed E-state index contributed by atoms with van der Waals surface area (Å²) in [5.41, 5.74) is 0. The smallest absolute Gasteiger partial charge is 0.265 e. The van der Waals surface area contributed by atoms with Crippen LogP contribution >= 0.6 is 10.7 Å². The lowest BCUT2D eigenvalue weighted by Crippen LogP contribution is -2.03. The molecule has 0 spiro atoms. The molecule has 1 aromatic carbocycles. The van der Waals surface area contributed by atoms with Crippen LogP contribution in [0.2, 0.25) is 0 Å². The molecule has 1 rings (SSSR count). The van der Waals surface area contributed by atoms with E-state index in [2.05, 4.69) is 4.74 Å². The van der Waals surface area contributed by atoms with Crippen LogP contribution < -0.4 is 9.47 Å². The first-order chi connectivity index (χ1) is 7.49. The van der Waals surface area contributed by atoms with E-state index in [-0.39, 0.29) is 17.4 Å². The summed E-state index contributed by atoms with van der Waals surface area (Å²) in [5.74, 6) is 0.502. The Bertz CT molecular complexity index is 457. The highest BCUT2D eigenvalue weighted by atomic mass is 35.7. The molecule has 90 valence electrons. The monoisotopic (exact) mass is 266 g/mol. The van der Waals surface area contributed by atoms with Crippen molar-refractivity contribution in [3.05, 3.63) is 18.2 Å². The molecule has 0 N–H and O–H groups in total. The highest BCUT2D eigenvalue weighted by Crippen LogP contribution is 2.30. The van der Waals surface area contributed by atoms with Crippen LogP contribution in [-0.2, 0) is 13.8 Å². The number of hydrogen-bond donors (Lipinski definition) is 0. The summed E-state index contributed by atoms with van der Waals surface area (Å²) in [6.07, 6.45) is 0. The molecule has 0 fully saturated rings. The van der Waals surface area contributed by atoms with Crippen LogP contribution in [0.3, 0.4) is 0 Å². The Morgan fingerprint density at radius 1 is 1.31 bits per heavy atom. The van der Waals surface area contributed by atoms with Crippen molar-refractivity contribution >= 4 is 19.7 Å². The average Bonchev–Trinajstić information content (AvgIpc) is 2.25. The van der Waals surface area contributed by atoms with Crippen molar-refractivity contribution in [3.63, 3.8) is 0 Å². The number of hydrogen-bond acceptors (Lipinski definition) is 5. The molecule has 1 aromatic rings. The third-order valence-electron chi connectivity index (χ3n) is 1.75. The molecule has 16 heavy (non-hydrogen) atoms. The minimum absolute atomic E-state index is 0.0638. The molecule has 0 atom stereocenters. The van der Waals surface area contributed by atoms with Gasteiger partial charge in [0.2, 0.25) is 0 Å². The van der Waals surface area contributed by atoms with Gasteiger partial charge < -0.3 is 14.2 Å². The van der Waals surface area contributed by atoms with Crippen LogP contribution in [-0.4, -0.2) is 29.4 Å². The van der Waals surface area contributed by atoms with Gasteiger partial charge in [-0.1, -0.05) is 0 Å². The van der Waals surface area contributed by atoms with Crippen molar-refractivity contribution in [2.24, 2.45) is 0 Å². The quantitative estimate of drug-likeness (QED) is 0.598. The minimum Gasteiger partial charge on any atom is -0.497 e. The predicted octanol–water partition coefficient (Wildman–Crippen LogP) is 1.61. The fourth-order valence-electron chi connectivity index (χ4n) is 1.05. The summed E-state index contributed by atoms with van der Waals surface area (Å²) in [6, 6.07) is 4.30. The van der Waals surface area contributed by atoms with E-state index in [0.29, 0.717) is 5.75 Å². The normalized spacial score (nSPS) is 11.2. The van der Waals surface area contributed by atoms with E-state index in [1.54, 1.807) is 6.07 Å². The molecule has 0 heterocycles. The minimum atomic E-state index is -3.88. The molecule has 0 saturated carbocycles. The second kappa shape index (κ2) is 5.38. The van der Waals surface area contributed by atoms with Gasteiger partial charge in [-0.2, -0.15) is 0 Å². The second-order valence-electron chi connectivity index (χ2n) is 2.80. The number of methoxy groups -OCH3 is 2. The van der Waals surface area contributed by atoms with Gasteiger partial charge in [0.1, 0.15) is 16.4 Å². The van der Waals surface area contributed by atoms with Crippen molar-refractivity contribution in [2.45, 2.75) is 4.90 Å². The maximum atomic E-state index is 11.3. The number of halogens is 1. The standard InChI is InChI=1S/C9H11ClO5S/c1-13-6-15-8-4-3-7(14-2)5-9(8)16(10,11)12/h3-5H,6H2,1-2H3. The Hall–Kier alpha value is -0.980. The molecule has 0 aliphatic carbocycles. The fourth-order valence-corrected chi connectivity index (χ4v) is 2.03. The van der Waals surface area contributed by atoms with Crippen LogP contribution in [0.25, 0.3) is 0 Å². The topological polar surface area (TPSA) is 61.8 Å². The molecule has 0 aromatic heterocycles. The van der Waals surface area contributed by atoms with Gasteiger partial charge in [-0.15, -0.1) is 0 Å². The first-order valence-corrected chi connectivity index (χ1v) is 6.54. The van der Waals surface area contributed by atoms with Crippen LogP contribution in [0.5, 0.6) is 11.5 Å². The van der Waals surface area contributed by atoms with E-state index in [4.69, 9.17) is 20.2 Å². The zero-order chi connectivity index (χ0) is 12.2. The predicted molar refractivity (Wildman–Crippen MR) is 58.5 cm³/mol. The van der Waals surface area contributed by atoms with Crippen molar-refractivity contribution in [1.82, 2.24) is 0 Å². The van der Waals surface area contributed by atoms with Gasteiger partial charge in [-0.05, 0) is 12.1 Å². The first-order valence-electron chi connectivity index (χ1n) is 4.23. The molecule has 0 radical (unpaired) electrons. The molecule has 0 aliphatic heterocycles. The van der Waals surface area contributed by atoms with Crippen molar-refractivity contribution in [1.29, 1.82) is 0 Å². The van der Waals surface area contributed by atoms with Gasteiger partial charge in [0, 0.05) is 23.9 Å². The summed E-state index contributed by atoms with van der Waals surface area (Å²) >= 11 is 0. The maximum Gasteiger partial charge on any atom is 0.265 e. The van der Waals surface area contributed by atoms with Crippen molar-refractivity contribution < 1.29 is 22.6 Å². The largest absolute Gasteiger partial charge is 0.497 e. The molecule has 0 aliphatic rings. The van der Waals surface area contributed by atoms with E-state index in [0.717, 1.165) is 0 Å². The van der Waals surface area contributed by atoms with Gasteiger partial charge >= 0.3 is 0 Å². The average molecular weight is 267 g/mol. The van der Waals surface area contributed by atoms with E-state index >= 15 is 0 Å². The van der Waals surface area contributed by atoms with Gasteiger partial charge in [-0.25, -0.2) is 8.42 Å². The van der Waals surface area contributed by atoms with E-state index in [1.165, 1.54) is 26.4 Å². The Morgan fingerprint density at radius 3 is 2.50 bits per heavy atom. The van der Waals surface area contributed by atoms with Crippen LogP contribution in [0, 0.1) is 0 Å². The van der Waals surface area contributed by atoms with E-state index < -0.39 is 9.05 Å². The number of rotatable bonds is 5. The highest BCUT2D eigenvalue weighted by molar-refractivity contribution is 8.13. The third kappa shape index (κ3) is 3.26. The molecule has 0 bridgehead atoms. The van der Waals surface area contributed by atoms with Gasteiger partial charge in [0.15, 0.2) is 6.79 Å². The fraction of sp³-hybridized carbons (Fsp3) is 0.333. The highest BCUT2D eigenvalue weighted by Gasteiger charge is 2.18. The van der Waals surface area contributed by atoms with Gasteiger partial charge in [-0.3, -0.25) is 0 Å². The molecule has 0 amide bonds. The Morgan fingerprint density at radius 2 is 2.00 bits per heavy atom. The number of benzene rings is 1. The lowest BCUT2D eigenvalue weighted by Gasteiger charge is -2.09. The van der Waals surface area contributed by atoms with E-state index in [9.17, 15) is 8.42 Å². The zero-order valence-corrected chi connectivity index (χ0v) is 10.3. The van der Waals surface area contributed by atoms with Crippen LogP contribution in [0.4, 0.5) is 0 Å². The lowest BCUT2D eigenvalue weighted by molar-refractivity contribution is 0.0490. The molecular formula is C9H11ClO5S. The van der Waals surface area contributed by atoms with Crippen LogP contribution in [0.1, 0.15) is 0 Å². The zero-order valence-electron chi connectivity index (χ0n) is 8.77. The van der Waals surface area contributed by atoms with Gasteiger partial charge in [0.25, 0.3) is 9.05 Å². The molecule has 0 unspecified atom stereocenters. The third-order valence-corrected chi connectivity index (χ3v) is 3.09. The molecule has 7 heteroatoms. The van der Waals surface area contributed by atoms with Crippen molar-refractivity contribution in [3.8, 4) is 11.5 Å². The van der Waals surface area contributed by atoms with Crippen LogP contribution in [0.15, 0.2) is 23.1 Å². The summed E-state index contributed by atoms with van der Waals surface area (Å²) < 4.78 is 37.2. The van der Waals surface area contributed by atoms with Crippen molar-refractivity contribution in [2.75, 3.05) is 21.0 Å². The Balaban J connectivity index is 3.17.